The zero-order valence-electron chi connectivity index (χ0n) is 10.1. The first-order valence-corrected chi connectivity index (χ1v) is 7.10. The number of rotatable bonds is 4. The molecule has 0 heterocycles. The van der Waals surface area contributed by atoms with Crippen molar-refractivity contribution in [3.8, 4) is 0 Å². The van der Waals surface area contributed by atoms with Crippen molar-refractivity contribution in [1.82, 2.24) is 0 Å². The summed E-state index contributed by atoms with van der Waals surface area (Å²) < 4.78 is 1.28. The molecular weight excluding hydrogens is 335 g/mol. The minimum Gasteiger partial charge on any atom is -0.399 e. The molecule has 0 aliphatic carbocycles. The number of nitrogens with two attached hydrogens (primary N) is 2. The summed E-state index contributed by atoms with van der Waals surface area (Å²) in [5.41, 5.74) is 14.9. The maximum atomic E-state index is 5.76. The van der Waals surface area contributed by atoms with Crippen LogP contribution in [0.25, 0.3) is 0 Å². The van der Waals surface area contributed by atoms with E-state index in [9.17, 15) is 0 Å². The van der Waals surface area contributed by atoms with Gasteiger partial charge in [0.15, 0.2) is 0 Å². The molecule has 94 valence electrons. The lowest BCUT2D eigenvalue weighted by Gasteiger charge is -2.19. The summed E-state index contributed by atoms with van der Waals surface area (Å²) in [6, 6.07) is 16.6. The Balaban J connectivity index is 2.40. The van der Waals surface area contributed by atoms with Crippen LogP contribution in [0.1, 0.15) is 23.5 Å². The van der Waals surface area contributed by atoms with E-state index in [1.54, 1.807) is 0 Å². The van der Waals surface area contributed by atoms with E-state index in [2.05, 4.69) is 59.0 Å². The highest BCUT2D eigenvalue weighted by Crippen LogP contribution is 2.31. The Bertz CT molecular complexity index is 508. The second-order valence-electron chi connectivity index (χ2n) is 4.32. The summed E-state index contributed by atoms with van der Waals surface area (Å²) in [5, 5.41) is 0. The molecule has 0 aromatic heterocycles. The quantitative estimate of drug-likeness (QED) is 0.655. The largest absolute Gasteiger partial charge is 0.399 e. The summed E-state index contributed by atoms with van der Waals surface area (Å²) in [4.78, 5) is 0. The predicted molar refractivity (Wildman–Crippen MR) is 85.5 cm³/mol. The third-order valence-electron chi connectivity index (χ3n) is 3.07. The van der Waals surface area contributed by atoms with Crippen LogP contribution in [0.2, 0.25) is 0 Å². The van der Waals surface area contributed by atoms with E-state index in [0.29, 0.717) is 12.5 Å². The Hall–Kier alpha value is -1.07. The topological polar surface area (TPSA) is 52.0 Å². The highest BCUT2D eigenvalue weighted by molar-refractivity contribution is 14.1. The number of halogens is 1. The molecule has 0 radical (unpaired) electrons. The average molecular weight is 352 g/mol. The molecule has 1 unspecified atom stereocenters. The molecule has 2 nitrogen and oxygen atoms in total. The molecule has 2 rings (SSSR count). The van der Waals surface area contributed by atoms with Crippen LogP contribution in [0.5, 0.6) is 0 Å². The lowest BCUT2D eigenvalue weighted by molar-refractivity contribution is 0.723. The molecule has 0 saturated carbocycles. The molecule has 0 aliphatic rings. The van der Waals surface area contributed by atoms with E-state index in [1.165, 1.54) is 14.7 Å². The monoisotopic (exact) mass is 352 g/mol. The molecule has 3 heteroatoms. The standard InChI is InChI=1S/C15H17IN2/c16-15-4-2-1-3-14(15)13(9-10-17)11-5-7-12(18)8-6-11/h1-8,13H,9-10,17-18H2. The Morgan fingerprint density at radius 2 is 1.67 bits per heavy atom. The van der Waals surface area contributed by atoms with Gasteiger partial charge in [-0.1, -0.05) is 30.3 Å². The number of benzene rings is 2. The maximum Gasteiger partial charge on any atom is 0.0314 e. The van der Waals surface area contributed by atoms with Crippen LogP contribution in [0.15, 0.2) is 48.5 Å². The second-order valence-corrected chi connectivity index (χ2v) is 5.48. The first-order chi connectivity index (χ1) is 8.72. The van der Waals surface area contributed by atoms with Gasteiger partial charge >= 0.3 is 0 Å². The van der Waals surface area contributed by atoms with Crippen LogP contribution in [0.4, 0.5) is 5.69 Å². The van der Waals surface area contributed by atoms with Gasteiger partial charge in [-0.25, -0.2) is 0 Å². The van der Waals surface area contributed by atoms with Crippen molar-refractivity contribution < 1.29 is 0 Å². The van der Waals surface area contributed by atoms with Crippen LogP contribution in [0.3, 0.4) is 0 Å². The number of nitrogen functional groups attached to an aromatic ring is 1. The Morgan fingerprint density at radius 1 is 1.00 bits per heavy atom. The lowest BCUT2D eigenvalue weighted by atomic mass is 9.88. The van der Waals surface area contributed by atoms with Gasteiger partial charge in [0.1, 0.15) is 0 Å². The fourth-order valence-electron chi connectivity index (χ4n) is 2.15. The van der Waals surface area contributed by atoms with Crippen LogP contribution < -0.4 is 11.5 Å². The normalized spacial score (nSPS) is 12.3. The van der Waals surface area contributed by atoms with E-state index < -0.39 is 0 Å². The summed E-state index contributed by atoms with van der Waals surface area (Å²) in [5.74, 6) is 0.351. The second kappa shape index (κ2) is 6.20. The molecule has 0 spiro atoms. The Labute approximate surface area is 122 Å². The van der Waals surface area contributed by atoms with Crippen molar-refractivity contribution in [2.75, 3.05) is 12.3 Å². The van der Waals surface area contributed by atoms with Gasteiger partial charge in [-0.15, -0.1) is 0 Å². The van der Waals surface area contributed by atoms with Gasteiger partial charge in [0, 0.05) is 15.2 Å². The number of anilines is 1. The van der Waals surface area contributed by atoms with Crippen LogP contribution >= 0.6 is 22.6 Å². The van der Waals surface area contributed by atoms with Gasteiger partial charge in [0.05, 0.1) is 0 Å². The van der Waals surface area contributed by atoms with Crippen molar-refractivity contribution in [3.63, 3.8) is 0 Å². The summed E-state index contributed by atoms with van der Waals surface area (Å²) in [6.07, 6.45) is 0.948. The SMILES string of the molecule is NCCC(c1ccc(N)cc1)c1ccccc1I. The molecule has 0 fully saturated rings. The highest BCUT2D eigenvalue weighted by Gasteiger charge is 2.15. The van der Waals surface area contributed by atoms with Crippen molar-refractivity contribution in [1.29, 1.82) is 0 Å². The molecular formula is C15H17IN2. The van der Waals surface area contributed by atoms with Gasteiger partial charge in [0.2, 0.25) is 0 Å². The fraction of sp³-hybridized carbons (Fsp3) is 0.200. The van der Waals surface area contributed by atoms with Gasteiger partial charge in [-0.2, -0.15) is 0 Å². The van der Waals surface area contributed by atoms with Gasteiger partial charge < -0.3 is 11.5 Å². The molecule has 0 bridgehead atoms. The fourth-order valence-corrected chi connectivity index (χ4v) is 2.92. The van der Waals surface area contributed by atoms with E-state index in [4.69, 9.17) is 11.5 Å². The number of hydrogen-bond acceptors (Lipinski definition) is 2. The van der Waals surface area contributed by atoms with Crippen LogP contribution in [-0.4, -0.2) is 6.54 Å². The summed E-state index contributed by atoms with van der Waals surface area (Å²) in [7, 11) is 0. The first-order valence-electron chi connectivity index (χ1n) is 6.02. The van der Waals surface area contributed by atoms with Crippen molar-refractivity contribution >= 4 is 28.3 Å². The minimum atomic E-state index is 0.351. The van der Waals surface area contributed by atoms with E-state index in [-0.39, 0.29) is 0 Å². The number of hydrogen-bond donors (Lipinski definition) is 2. The Kier molecular flexibility index (Phi) is 4.60. The van der Waals surface area contributed by atoms with Crippen LogP contribution in [0, 0.1) is 3.57 Å². The molecule has 18 heavy (non-hydrogen) atoms. The van der Waals surface area contributed by atoms with E-state index in [1.807, 2.05) is 12.1 Å². The Morgan fingerprint density at radius 3 is 2.28 bits per heavy atom. The summed E-state index contributed by atoms with van der Waals surface area (Å²) in [6.45, 7) is 0.681. The molecule has 0 aliphatic heterocycles. The molecule has 0 amide bonds. The molecule has 2 aromatic rings. The van der Waals surface area contributed by atoms with Gasteiger partial charge in [0.25, 0.3) is 0 Å². The van der Waals surface area contributed by atoms with Crippen LogP contribution in [-0.2, 0) is 0 Å². The zero-order chi connectivity index (χ0) is 13.0. The average Bonchev–Trinajstić information content (AvgIpc) is 2.38. The smallest absolute Gasteiger partial charge is 0.0314 e. The maximum absolute atomic E-state index is 5.76. The molecule has 4 N–H and O–H groups in total. The molecule has 0 saturated heterocycles. The zero-order valence-corrected chi connectivity index (χ0v) is 12.3. The van der Waals surface area contributed by atoms with E-state index >= 15 is 0 Å². The minimum absolute atomic E-state index is 0.351. The summed E-state index contributed by atoms with van der Waals surface area (Å²) >= 11 is 2.38. The highest BCUT2D eigenvalue weighted by atomic mass is 127. The van der Waals surface area contributed by atoms with Crippen molar-refractivity contribution in [3.05, 3.63) is 63.2 Å². The predicted octanol–water partition coefficient (Wildman–Crippen LogP) is 3.35. The first kappa shape index (κ1) is 13.4. The van der Waals surface area contributed by atoms with Crippen molar-refractivity contribution in [2.45, 2.75) is 12.3 Å². The molecule has 2 aromatic carbocycles. The molecule has 1 atom stereocenters. The third kappa shape index (κ3) is 3.03. The van der Waals surface area contributed by atoms with Gasteiger partial charge in [-0.05, 0) is 64.9 Å². The van der Waals surface area contributed by atoms with E-state index in [0.717, 1.165) is 12.1 Å². The van der Waals surface area contributed by atoms with Crippen molar-refractivity contribution in [2.24, 2.45) is 5.73 Å². The van der Waals surface area contributed by atoms with Gasteiger partial charge in [-0.3, -0.25) is 0 Å². The third-order valence-corrected chi connectivity index (χ3v) is 4.06. The lowest BCUT2D eigenvalue weighted by Crippen LogP contribution is -2.10.